The highest BCUT2D eigenvalue weighted by Crippen LogP contribution is 1.97. The van der Waals surface area contributed by atoms with E-state index in [4.69, 9.17) is 0 Å². The summed E-state index contributed by atoms with van der Waals surface area (Å²) >= 11 is 0. The predicted octanol–water partition coefficient (Wildman–Crippen LogP) is 1.16. The molecule has 74 valence electrons. The average Bonchev–Trinajstić information content (AvgIpc) is 2.11. The number of esters is 1. The average molecular weight is 187 g/mol. The number of carbonyl (C=O) groups excluding carboxylic acids is 1. The summed E-state index contributed by atoms with van der Waals surface area (Å²) in [5, 5.41) is 10.2. The molecule has 0 saturated carbocycles. The van der Waals surface area contributed by atoms with E-state index >= 15 is 0 Å². The molecule has 0 aromatic rings. The van der Waals surface area contributed by atoms with Gasteiger partial charge in [0.2, 0.25) is 6.04 Å². The van der Waals surface area contributed by atoms with E-state index in [-0.39, 0.29) is 17.3 Å². The van der Waals surface area contributed by atoms with E-state index in [1.54, 1.807) is 12.2 Å². The van der Waals surface area contributed by atoms with Gasteiger partial charge < -0.3 is 4.74 Å². The van der Waals surface area contributed by atoms with Crippen molar-refractivity contribution in [2.75, 3.05) is 7.11 Å². The summed E-state index contributed by atoms with van der Waals surface area (Å²) < 4.78 is 4.38. The largest absolute Gasteiger partial charge is 0.469 e. The van der Waals surface area contributed by atoms with E-state index in [2.05, 4.69) is 4.74 Å². The zero-order chi connectivity index (χ0) is 10.3. The Morgan fingerprint density at radius 3 is 2.69 bits per heavy atom. The topological polar surface area (TPSA) is 69.4 Å². The van der Waals surface area contributed by atoms with Crippen LogP contribution in [0.4, 0.5) is 0 Å². The molecule has 0 fully saturated rings. The third-order valence-corrected chi connectivity index (χ3v) is 1.52. The quantitative estimate of drug-likeness (QED) is 0.280. The molecule has 5 nitrogen and oxygen atoms in total. The Labute approximate surface area is 76.5 Å². The van der Waals surface area contributed by atoms with Gasteiger partial charge in [-0.25, -0.2) is 0 Å². The lowest BCUT2D eigenvalue weighted by molar-refractivity contribution is -0.517. The highest BCUT2D eigenvalue weighted by Gasteiger charge is 2.08. The monoisotopic (exact) mass is 187 g/mol. The molecular weight excluding hydrogens is 174 g/mol. The van der Waals surface area contributed by atoms with Gasteiger partial charge in [-0.15, -0.1) is 0 Å². The van der Waals surface area contributed by atoms with Crippen LogP contribution in [0.2, 0.25) is 0 Å². The van der Waals surface area contributed by atoms with Crippen molar-refractivity contribution >= 4 is 5.97 Å². The minimum Gasteiger partial charge on any atom is -0.469 e. The van der Waals surface area contributed by atoms with Crippen molar-refractivity contribution in [2.45, 2.75) is 25.8 Å². The molecule has 0 aliphatic carbocycles. The molecule has 0 rings (SSSR count). The Bertz CT molecular complexity index is 212. The summed E-state index contributed by atoms with van der Waals surface area (Å²) in [4.78, 5) is 20.4. The Kier molecular flexibility index (Phi) is 5.50. The van der Waals surface area contributed by atoms with Gasteiger partial charge in [0, 0.05) is 18.3 Å². The van der Waals surface area contributed by atoms with Gasteiger partial charge in [-0.2, -0.15) is 0 Å². The van der Waals surface area contributed by atoms with Crippen LogP contribution >= 0.6 is 0 Å². The van der Waals surface area contributed by atoms with Crippen molar-refractivity contribution in [1.82, 2.24) is 0 Å². The lowest BCUT2D eigenvalue weighted by atomic mass is 10.2. The normalized spacial score (nSPS) is 12.8. The second kappa shape index (κ2) is 6.16. The summed E-state index contributed by atoms with van der Waals surface area (Å²) in [5.41, 5.74) is 0. The first-order valence-corrected chi connectivity index (χ1v) is 3.93. The first-order chi connectivity index (χ1) is 6.07. The van der Waals surface area contributed by atoms with Crippen LogP contribution in [0.3, 0.4) is 0 Å². The Morgan fingerprint density at radius 2 is 2.23 bits per heavy atom. The number of ether oxygens (including phenoxy) is 1. The number of nitro groups is 1. The summed E-state index contributed by atoms with van der Waals surface area (Å²) in [6, 6.07) is -0.603. The smallest absolute Gasteiger partial charge is 0.309 e. The van der Waals surface area contributed by atoms with Gasteiger partial charge in [0.1, 0.15) is 0 Å². The Hall–Kier alpha value is -1.39. The van der Waals surface area contributed by atoms with Crippen molar-refractivity contribution in [3.05, 3.63) is 22.3 Å². The number of rotatable bonds is 5. The van der Waals surface area contributed by atoms with Crippen LogP contribution in [0.5, 0.6) is 0 Å². The second-order valence-corrected chi connectivity index (χ2v) is 2.62. The zero-order valence-corrected chi connectivity index (χ0v) is 7.73. The molecule has 0 heterocycles. The number of methoxy groups -OCH3 is 1. The highest BCUT2D eigenvalue weighted by molar-refractivity contribution is 5.70. The van der Waals surface area contributed by atoms with Crippen LogP contribution in [0, 0.1) is 10.1 Å². The number of hydrogen-bond acceptors (Lipinski definition) is 4. The molecule has 1 atom stereocenters. The van der Waals surface area contributed by atoms with Crippen LogP contribution in [-0.2, 0) is 9.53 Å². The summed E-state index contributed by atoms with van der Waals surface area (Å²) in [7, 11) is 1.30. The van der Waals surface area contributed by atoms with Crippen LogP contribution in [0.25, 0.3) is 0 Å². The molecule has 0 N–H and O–H groups in total. The number of hydrogen-bond donors (Lipinski definition) is 0. The van der Waals surface area contributed by atoms with Crippen LogP contribution < -0.4 is 0 Å². The third kappa shape index (κ3) is 5.84. The van der Waals surface area contributed by atoms with Gasteiger partial charge in [-0.05, 0) is 0 Å². The molecule has 0 radical (unpaired) electrons. The second-order valence-electron chi connectivity index (χ2n) is 2.62. The van der Waals surface area contributed by atoms with E-state index < -0.39 is 6.04 Å². The zero-order valence-electron chi connectivity index (χ0n) is 7.73. The lowest BCUT2D eigenvalue weighted by Gasteiger charge is -1.97. The lowest BCUT2D eigenvalue weighted by Crippen LogP contribution is -2.13. The van der Waals surface area contributed by atoms with Crippen LogP contribution in [0.15, 0.2) is 12.2 Å². The Morgan fingerprint density at radius 1 is 1.62 bits per heavy atom. The molecule has 0 aliphatic rings. The van der Waals surface area contributed by atoms with Gasteiger partial charge >= 0.3 is 5.97 Å². The van der Waals surface area contributed by atoms with Gasteiger partial charge in [0.05, 0.1) is 13.5 Å². The minimum atomic E-state index is -0.603. The van der Waals surface area contributed by atoms with E-state index in [9.17, 15) is 14.9 Å². The van der Waals surface area contributed by atoms with Crippen molar-refractivity contribution in [1.29, 1.82) is 0 Å². The summed E-state index contributed by atoms with van der Waals surface area (Å²) in [6.45, 7) is 1.52. The molecule has 5 heteroatoms. The molecule has 0 bridgehead atoms. The fourth-order valence-electron chi connectivity index (χ4n) is 0.642. The standard InChI is InChI=1S/C8H13NO4/c1-7(9(11)12)5-3-4-6-8(10)13-2/h3-4,7H,5-6H2,1-2H3/b4-3+. The van der Waals surface area contributed by atoms with E-state index in [1.807, 2.05) is 0 Å². The molecule has 0 aromatic carbocycles. The molecular formula is C8H13NO4. The first-order valence-electron chi connectivity index (χ1n) is 3.93. The maximum absolute atomic E-state index is 10.6. The molecule has 13 heavy (non-hydrogen) atoms. The summed E-state index contributed by atoms with van der Waals surface area (Å²) in [5.74, 6) is -0.343. The fraction of sp³-hybridized carbons (Fsp3) is 0.625. The summed E-state index contributed by atoms with van der Waals surface area (Å²) in [6.07, 6.45) is 3.70. The fourth-order valence-corrected chi connectivity index (χ4v) is 0.642. The SMILES string of the molecule is COC(=O)C/C=C/CC(C)[N+](=O)[O-]. The number of carbonyl (C=O) groups is 1. The van der Waals surface area contributed by atoms with E-state index in [0.29, 0.717) is 6.42 Å². The number of nitrogens with zero attached hydrogens (tertiary/aromatic N) is 1. The van der Waals surface area contributed by atoms with Crippen molar-refractivity contribution in [3.8, 4) is 0 Å². The molecule has 0 aliphatic heterocycles. The van der Waals surface area contributed by atoms with Crippen molar-refractivity contribution in [3.63, 3.8) is 0 Å². The van der Waals surface area contributed by atoms with Gasteiger partial charge in [0.15, 0.2) is 0 Å². The maximum atomic E-state index is 10.6. The van der Waals surface area contributed by atoms with Crippen LogP contribution in [0.1, 0.15) is 19.8 Å². The first kappa shape index (κ1) is 11.6. The molecule has 0 aromatic heterocycles. The van der Waals surface area contributed by atoms with E-state index in [1.165, 1.54) is 14.0 Å². The minimum absolute atomic E-state index is 0.168. The van der Waals surface area contributed by atoms with Gasteiger partial charge in [-0.1, -0.05) is 12.2 Å². The maximum Gasteiger partial charge on any atom is 0.309 e. The third-order valence-electron chi connectivity index (χ3n) is 1.52. The van der Waals surface area contributed by atoms with Crippen LogP contribution in [-0.4, -0.2) is 24.0 Å². The predicted molar refractivity (Wildman–Crippen MR) is 46.8 cm³/mol. The molecule has 0 spiro atoms. The molecule has 1 unspecified atom stereocenters. The highest BCUT2D eigenvalue weighted by atomic mass is 16.6. The Balaban J connectivity index is 3.63. The molecule has 0 amide bonds. The van der Waals surface area contributed by atoms with Crippen molar-refractivity contribution in [2.24, 2.45) is 0 Å². The molecule has 0 saturated heterocycles. The van der Waals surface area contributed by atoms with Gasteiger partial charge in [0.25, 0.3) is 0 Å². The van der Waals surface area contributed by atoms with Gasteiger partial charge in [-0.3, -0.25) is 14.9 Å². The van der Waals surface area contributed by atoms with Crippen molar-refractivity contribution < 1.29 is 14.5 Å². The van der Waals surface area contributed by atoms with E-state index in [0.717, 1.165) is 0 Å².